The Kier molecular flexibility index (Phi) is 5.11. The molecule has 7 heteroatoms. The van der Waals surface area contributed by atoms with E-state index in [0.717, 1.165) is 25.8 Å². The van der Waals surface area contributed by atoms with Gasteiger partial charge < -0.3 is 4.74 Å². The highest BCUT2D eigenvalue weighted by Gasteiger charge is 2.41. The van der Waals surface area contributed by atoms with Crippen molar-refractivity contribution in [1.29, 1.82) is 0 Å². The molecule has 1 aromatic rings. The zero-order valence-corrected chi connectivity index (χ0v) is 15.4. The number of piperidine rings is 1. The van der Waals surface area contributed by atoms with Gasteiger partial charge in [0.1, 0.15) is 0 Å². The summed E-state index contributed by atoms with van der Waals surface area (Å²) in [6, 6.07) is 10.7. The minimum absolute atomic E-state index is 0.132. The second-order valence-corrected chi connectivity index (χ2v) is 9.11. The van der Waals surface area contributed by atoms with Gasteiger partial charge in [-0.05, 0) is 18.4 Å². The van der Waals surface area contributed by atoms with Crippen LogP contribution in [0.3, 0.4) is 0 Å². The zero-order valence-electron chi connectivity index (χ0n) is 14.6. The van der Waals surface area contributed by atoms with Crippen LogP contribution in [-0.2, 0) is 14.9 Å². The predicted molar refractivity (Wildman–Crippen MR) is 96.4 cm³/mol. The fourth-order valence-electron chi connectivity index (χ4n) is 4.24. The van der Waals surface area contributed by atoms with Crippen molar-refractivity contribution in [2.45, 2.75) is 31.3 Å². The van der Waals surface area contributed by atoms with Crippen LogP contribution in [0.15, 0.2) is 30.3 Å². The number of hydrogen-bond donors (Lipinski definition) is 0. The van der Waals surface area contributed by atoms with Gasteiger partial charge in [0.25, 0.3) is 10.2 Å². The molecule has 3 heterocycles. The Morgan fingerprint density at radius 3 is 2.40 bits per heavy atom. The third kappa shape index (κ3) is 3.48. The van der Waals surface area contributed by atoms with Gasteiger partial charge in [-0.15, -0.1) is 0 Å². The molecule has 0 N–H and O–H groups in total. The summed E-state index contributed by atoms with van der Waals surface area (Å²) < 4.78 is 35.1. The number of hydrogen-bond acceptors (Lipinski definition) is 4. The van der Waals surface area contributed by atoms with Crippen LogP contribution in [0.4, 0.5) is 0 Å². The van der Waals surface area contributed by atoms with Gasteiger partial charge in [0.2, 0.25) is 0 Å². The van der Waals surface area contributed by atoms with E-state index in [1.54, 1.807) is 8.61 Å². The van der Waals surface area contributed by atoms with Gasteiger partial charge in [0.15, 0.2) is 0 Å². The second kappa shape index (κ2) is 7.32. The third-order valence-electron chi connectivity index (χ3n) is 5.63. The summed E-state index contributed by atoms with van der Waals surface area (Å²) >= 11 is 0. The quantitative estimate of drug-likeness (QED) is 0.814. The van der Waals surface area contributed by atoms with E-state index in [4.69, 9.17) is 4.74 Å². The molecule has 138 valence electrons. The molecule has 3 aliphatic heterocycles. The minimum atomic E-state index is -3.33. The SMILES string of the molecule is O=S(=O)(N1CCCCC1)N1CCN2[C@@H](COC[C@@H]2c2ccccc2)C1. The van der Waals surface area contributed by atoms with Gasteiger partial charge in [-0.2, -0.15) is 17.0 Å². The summed E-state index contributed by atoms with van der Waals surface area (Å²) in [6.45, 7) is 4.48. The standard InChI is InChI=1S/C18H27N3O3S/c22-25(23,19-9-5-2-6-10-19)20-11-12-21-17(13-20)14-24-15-18(21)16-7-3-1-4-8-16/h1,3-4,7-8,17-18H,2,5-6,9-15H2/t17-,18-/m1/s1. The zero-order chi connectivity index (χ0) is 17.3. The third-order valence-corrected chi connectivity index (χ3v) is 7.63. The second-order valence-electron chi connectivity index (χ2n) is 7.18. The topological polar surface area (TPSA) is 53.1 Å². The Balaban J connectivity index is 1.48. The van der Waals surface area contributed by atoms with Crippen LogP contribution in [-0.4, -0.2) is 73.9 Å². The maximum Gasteiger partial charge on any atom is 0.282 e. The van der Waals surface area contributed by atoms with E-state index in [0.29, 0.717) is 39.4 Å². The molecule has 3 aliphatic rings. The molecule has 0 aliphatic carbocycles. The molecule has 0 spiro atoms. The maximum absolute atomic E-state index is 13.0. The first-order chi connectivity index (χ1) is 12.2. The van der Waals surface area contributed by atoms with Crippen LogP contribution in [0.5, 0.6) is 0 Å². The molecule has 2 atom stereocenters. The molecule has 1 aromatic carbocycles. The molecular weight excluding hydrogens is 338 g/mol. The number of morpholine rings is 1. The molecule has 0 aromatic heterocycles. The summed E-state index contributed by atoms with van der Waals surface area (Å²) in [7, 11) is -3.33. The lowest BCUT2D eigenvalue weighted by Crippen LogP contribution is -2.61. The van der Waals surface area contributed by atoms with E-state index in [2.05, 4.69) is 29.2 Å². The summed E-state index contributed by atoms with van der Waals surface area (Å²) in [5.41, 5.74) is 1.25. The molecular formula is C18H27N3O3S. The van der Waals surface area contributed by atoms with Gasteiger partial charge in [0.05, 0.1) is 19.3 Å². The molecule has 3 fully saturated rings. The first-order valence-electron chi connectivity index (χ1n) is 9.30. The lowest BCUT2D eigenvalue weighted by molar-refractivity contribution is -0.0715. The Hall–Kier alpha value is -0.990. The van der Waals surface area contributed by atoms with Crippen LogP contribution in [0.2, 0.25) is 0 Å². The van der Waals surface area contributed by atoms with Crippen molar-refractivity contribution in [3.63, 3.8) is 0 Å². The van der Waals surface area contributed by atoms with Crippen LogP contribution in [0.1, 0.15) is 30.9 Å². The number of piperazine rings is 1. The predicted octanol–water partition coefficient (Wildman–Crippen LogP) is 1.47. The first kappa shape index (κ1) is 17.4. The first-order valence-corrected chi connectivity index (χ1v) is 10.7. The Morgan fingerprint density at radius 2 is 1.64 bits per heavy atom. The van der Waals surface area contributed by atoms with E-state index in [-0.39, 0.29) is 12.1 Å². The van der Waals surface area contributed by atoms with Crippen molar-refractivity contribution in [3.8, 4) is 0 Å². The molecule has 0 bridgehead atoms. The summed E-state index contributed by atoms with van der Waals surface area (Å²) in [5, 5.41) is 0. The fraction of sp³-hybridized carbons (Fsp3) is 0.667. The summed E-state index contributed by atoms with van der Waals surface area (Å²) in [5.74, 6) is 0. The molecule has 0 saturated carbocycles. The number of rotatable bonds is 3. The Labute approximate surface area is 150 Å². The van der Waals surface area contributed by atoms with Gasteiger partial charge in [0, 0.05) is 38.8 Å². The van der Waals surface area contributed by atoms with Crippen molar-refractivity contribution in [3.05, 3.63) is 35.9 Å². The van der Waals surface area contributed by atoms with E-state index >= 15 is 0 Å². The fourth-order valence-corrected chi connectivity index (χ4v) is 5.96. The number of nitrogens with zero attached hydrogens (tertiary/aromatic N) is 3. The van der Waals surface area contributed by atoms with Crippen molar-refractivity contribution in [2.75, 3.05) is 45.9 Å². The van der Waals surface area contributed by atoms with Crippen LogP contribution >= 0.6 is 0 Å². The molecule has 6 nitrogen and oxygen atoms in total. The van der Waals surface area contributed by atoms with Gasteiger partial charge in [-0.3, -0.25) is 4.90 Å². The molecule has 0 amide bonds. The average Bonchev–Trinajstić information content (AvgIpc) is 2.68. The summed E-state index contributed by atoms with van der Waals surface area (Å²) in [4.78, 5) is 2.43. The van der Waals surface area contributed by atoms with Gasteiger partial charge >= 0.3 is 0 Å². The van der Waals surface area contributed by atoms with Crippen molar-refractivity contribution < 1.29 is 13.2 Å². The summed E-state index contributed by atoms with van der Waals surface area (Å²) in [6.07, 6.45) is 3.08. The highest BCUT2D eigenvalue weighted by molar-refractivity contribution is 7.86. The highest BCUT2D eigenvalue weighted by Crippen LogP contribution is 2.31. The molecule has 25 heavy (non-hydrogen) atoms. The van der Waals surface area contributed by atoms with E-state index in [1.807, 2.05) is 6.07 Å². The monoisotopic (exact) mass is 365 g/mol. The lowest BCUT2D eigenvalue weighted by Gasteiger charge is -2.48. The number of ether oxygens (including phenoxy) is 1. The van der Waals surface area contributed by atoms with Crippen LogP contribution in [0.25, 0.3) is 0 Å². The highest BCUT2D eigenvalue weighted by atomic mass is 32.2. The van der Waals surface area contributed by atoms with E-state index in [1.165, 1.54) is 5.56 Å². The number of benzene rings is 1. The van der Waals surface area contributed by atoms with Gasteiger partial charge in [-0.1, -0.05) is 36.8 Å². The van der Waals surface area contributed by atoms with Crippen LogP contribution in [0, 0.1) is 0 Å². The maximum atomic E-state index is 13.0. The van der Waals surface area contributed by atoms with Crippen molar-refractivity contribution in [1.82, 2.24) is 13.5 Å². The average molecular weight is 365 g/mol. The van der Waals surface area contributed by atoms with E-state index in [9.17, 15) is 8.42 Å². The van der Waals surface area contributed by atoms with Crippen LogP contribution < -0.4 is 0 Å². The van der Waals surface area contributed by atoms with Crippen molar-refractivity contribution in [2.24, 2.45) is 0 Å². The molecule has 4 rings (SSSR count). The Bertz CT molecular complexity index is 676. The lowest BCUT2D eigenvalue weighted by atomic mass is 10.0. The minimum Gasteiger partial charge on any atom is -0.378 e. The largest absolute Gasteiger partial charge is 0.378 e. The van der Waals surface area contributed by atoms with Gasteiger partial charge in [-0.25, -0.2) is 0 Å². The molecule has 0 radical (unpaired) electrons. The smallest absolute Gasteiger partial charge is 0.282 e. The van der Waals surface area contributed by atoms with Crippen molar-refractivity contribution >= 4 is 10.2 Å². The Morgan fingerprint density at radius 1 is 0.880 bits per heavy atom. The molecule has 0 unspecified atom stereocenters. The van der Waals surface area contributed by atoms with E-state index < -0.39 is 10.2 Å². The number of fused-ring (bicyclic) bond motifs is 1. The normalized spacial score (nSPS) is 30.1. The molecule has 3 saturated heterocycles.